The fraction of sp³-hybridized carbons (Fsp3) is 0.943. The third-order valence-corrected chi connectivity index (χ3v) is 12.7. The van der Waals surface area contributed by atoms with Crippen molar-refractivity contribution in [2.24, 2.45) is 32.5 Å². The van der Waals surface area contributed by atoms with Gasteiger partial charge in [-0.15, -0.1) is 0 Å². The molecule has 0 unspecified atom stereocenters. The van der Waals surface area contributed by atoms with Crippen LogP contribution in [0.3, 0.4) is 0 Å². The molecule has 0 saturated heterocycles. The van der Waals surface area contributed by atoms with E-state index in [4.69, 9.17) is 0 Å². The van der Waals surface area contributed by atoms with E-state index in [0.29, 0.717) is 17.3 Å². The minimum Gasteiger partial charge on any atom is -0.356 e. The van der Waals surface area contributed by atoms with E-state index >= 15 is 0 Å². The van der Waals surface area contributed by atoms with Crippen LogP contribution in [0.25, 0.3) is 0 Å². The van der Waals surface area contributed by atoms with Gasteiger partial charge in [0.1, 0.15) is 0 Å². The molecule has 2 N–H and O–H groups in total. The Morgan fingerprint density at radius 2 is 1.20 bits per heavy atom. The molecule has 0 heterocycles. The molecular formula is C35H66N2O2S2. The Morgan fingerprint density at radius 3 is 1.80 bits per heavy atom. The molecule has 240 valence electrons. The zero-order chi connectivity index (χ0) is 31.0. The molecule has 2 rings (SSSR count). The van der Waals surface area contributed by atoms with Gasteiger partial charge in [0.2, 0.25) is 11.8 Å². The van der Waals surface area contributed by atoms with E-state index in [1.54, 1.807) is 0 Å². The summed E-state index contributed by atoms with van der Waals surface area (Å²) in [5, 5.41) is 6.37. The van der Waals surface area contributed by atoms with Crippen LogP contribution in [0.2, 0.25) is 0 Å². The van der Waals surface area contributed by atoms with Gasteiger partial charge in [0.25, 0.3) is 0 Å². The van der Waals surface area contributed by atoms with Gasteiger partial charge in [-0.05, 0) is 108 Å². The summed E-state index contributed by atoms with van der Waals surface area (Å²) in [6, 6.07) is 0. The molecule has 0 spiro atoms. The standard InChI is InChI=1S/C35H66N2O2S2/c1-30(2,3)18-20-36-28(38)11-22-40-26-33(9,10)13-12-32(7,8)19-21-37-29(39)23-34-14-16-35(24-34,17-15-34)27-41-25-31(4,5)6/h11-27H2,1-10H3,(H,36,38)(H,37,39). The van der Waals surface area contributed by atoms with E-state index in [2.05, 4.69) is 91.6 Å². The van der Waals surface area contributed by atoms with E-state index in [1.165, 1.54) is 43.6 Å². The van der Waals surface area contributed by atoms with Crippen molar-refractivity contribution < 1.29 is 9.59 Å². The maximum absolute atomic E-state index is 13.0. The van der Waals surface area contributed by atoms with Crippen molar-refractivity contribution in [3.8, 4) is 0 Å². The molecule has 2 fully saturated rings. The van der Waals surface area contributed by atoms with Crippen LogP contribution < -0.4 is 10.6 Å². The molecule has 4 nitrogen and oxygen atoms in total. The van der Waals surface area contributed by atoms with Crippen molar-refractivity contribution in [3.05, 3.63) is 0 Å². The summed E-state index contributed by atoms with van der Waals surface area (Å²) in [7, 11) is 0. The molecular weight excluding hydrogens is 545 g/mol. The van der Waals surface area contributed by atoms with Crippen LogP contribution in [-0.4, -0.2) is 47.9 Å². The van der Waals surface area contributed by atoms with E-state index in [1.807, 2.05) is 11.8 Å². The first-order valence-electron chi connectivity index (χ1n) is 16.4. The van der Waals surface area contributed by atoms with Crippen LogP contribution in [0.15, 0.2) is 0 Å². The molecule has 2 aliphatic rings. The molecule has 0 aromatic rings. The number of carbonyl (C=O) groups excluding carboxylic acids is 2. The van der Waals surface area contributed by atoms with Crippen LogP contribution in [-0.2, 0) is 9.59 Å². The molecule has 2 bridgehead atoms. The fourth-order valence-electron chi connectivity index (χ4n) is 6.46. The Kier molecular flexibility index (Phi) is 13.5. The number of hydrogen-bond acceptors (Lipinski definition) is 4. The van der Waals surface area contributed by atoms with Crippen molar-refractivity contribution in [2.45, 2.75) is 140 Å². The van der Waals surface area contributed by atoms with Gasteiger partial charge in [0, 0.05) is 31.7 Å². The Balaban J connectivity index is 1.61. The van der Waals surface area contributed by atoms with Crippen molar-refractivity contribution in [1.82, 2.24) is 10.6 Å². The molecule has 2 amide bonds. The van der Waals surface area contributed by atoms with Gasteiger partial charge in [-0.25, -0.2) is 0 Å². The summed E-state index contributed by atoms with van der Waals surface area (Å²) in [4.78, 5) is 25.1. The monoisotopic (exact) mass is 610 g/mol. The first kappa shape index (κ1) is 36.8. The smallest absolute Gasteiger partial charge is 0.220 e. The number of rotatable bonds is 18. The maximum atomic E-state index is 13.0. The summed E-state index contributed by atoms with van der Waals surface area (Å²) in [6.45, 7) is 24.6. The lowest BCUT2D eigenvalue weighted by Gasteiger charge is -2.31. The third kappa shape index (κ3) is 14.8. The summed E-state index contributed by atoms with van der Waals surface area (Å²) in [6.07, 6.45) is 12.1. The molecule has 0 radical (unpaired) electrons. The summed E-state index contributed by atoms with van der Waals surface area (Å²) in [5.41, 5.74) is 1.88. The summed E-state index contributed by atoms with van der Waals surface area (Å²) >= 11 is 4.04. The summed E-state index contributed by atoms with van der Waals surface area (Å²) < 4.78 is 0. The highest BCUT2D eigenvalue weighted by Crippen LogP contribution is 2.64. The zero-order valence-electron chi connectivity index (χ0n) is 28.7. The lowest BCUT2D eigenvalue weighted by molar-refractivity contribution is -0.123. The molecule has 2 saturated carbocycles. The zero-order valence-corrected chi connectivity index (χ0v) is 30.3. The molecule has 0 aromatic heterocycles. The van der Waals surface area contributed by atoms with Crippen molar-refractivity contribution in [2.75, 3.05) is 36.1 Å². The van der Waals surface area contributed by atoms with Crippen LogP contribution in [0.1, 0.15) is 140 Å². The molecule has 6 heteroatoms. The largest absolute Gasteiger partial charge is 0.356 e. The predicted molar refractivity (Wildman–Crippen MR) is 183 cm³/mol. The Morgan fingerprint density at radius 1 is 0.634 bits per heavy atom. The Bertz CT molecular complexity index is 830. The number of amides is 2. The number of thioether (sulfide) groups is 2. The highest BCUT2D eigenvalue weighted by molar-refractivity contribution is 7.99. The quantitative estimate of drug-likeness (QED) is 0.152. The van der Waals surface area contributed by atoms with Crippen molar-refractivity contribution in [1.29, 1.82) is 0 Å². The first-order valence-corrected chi connectivity index (χ1v) is 18.7. The van der Waals surface area contributed by atoms with Gasteiger partial charge >= 0.3 is 0 Å². The minimum atomic E-state index is 0.178. The van der Waals surface area contributed by atoms with Gasteiger partial charge in [0.15, 0.2) is 0 Å². The van der Waals surface area contributed by atoms with Crippen LogP contribution in [0.4, 0.5) is 0 Å². The second-order valence-electron chi connectivity index (χ2n) is 17.8. The van der Waals surface area contributed by atoms with Crippen molar-refractivity contribution in [3.63, 3.8) is 0 Å². The van der Waals surface area contributed by atoms with Gasteiger partial charge in [-0.3, -0.25) is 9.59 Å². The molecule has 41 heavy (non-hydrogen) atoms. The van der Waals surface area contributed by atoms with E-state index < -0.39 is 0 Å². The van der Waals surface area contributed by atoms with E-state index in [9.17, 15) is 9.59 Å². The number of carbonyl (C=O) groups is 2. The molecule has 0 aromatic carbocycles. The van der Waals surface area contributed by atoms with Crippen LogP contribution in [0.5, 0.6) is 0 Å². The van der Waals surface area contributed by atoms with E-state index in [-0.39, 0.29) is 33.5 Å². The average Bonchev–Trinajstić information content (AvgIpc) is 3.34. The lowest BCUT2D eigenvalue weighted by Crippen LogP contribution is -2.32. The van der Waals surface area contributed by atoms with Gasteiger partial charge in [-0.2, -0.15) is 23.5 Å². The fourth-order valence-corrected chi connectivity index (χ4v) is 9.17. The number of fused-ring (bicyclic) bond motifs is 2. The Hall–Kier alpha value is -0.360. The second-order valence-corrected chi connectivity index (χ2v) is 19.9. The van der Waals surface area contributed by atoms with Crippen LogP contribution >= 0.6 is 23.5 Å². The van der Waals surface area contributed by atoms with Gasteiger partial charge < -0.3 is 10.6 Å². The predicted octanol–water partition coefficient (Wildman–Crippen LogP) is 9.12. The Labute approximate surface area is 263 Å². The highest BCUT2D eigenvalue weighted by Gasteiger charge is 2.54. The second kappa shape index (κ2) is 15.1. The SMILES string of the molecule is CC(C)(C)CCNC(=O)CCSCC(C)(C)CCC(C)(C)CCNC(=O)CC12CCC(CSCC(C)(C)C)(CC1)C2. The topological polar surface area (TPSA) is 58.2 Å². The third-order valence-electron chi connectivity index (χ3n) is 9.37. The summed E-state index contributed by atoms with van der Waals surface area (Å²) in [5.74, 6) is 4.93. The normalized spacial score (nSPS) is 23.2. The number of nitrogens with one attached hydrogen (secondary N) is 2. The van der Waals surface area contributed by atoms with Crippen LogP contribution in [0, 0.1) is 32.5 Å². The minimum absolute atomic E-state index is 0.178. The molecule has 0 aliphatic heterocycles. The average molecular weight is 611 g/mol. The van der Waals surface area contributed by atoms with Gasteiger partial charge in [-0.1, -0.05) is 69.2 Å². The highest BCUT2D eigenvalue weighted by atomic mass is 32.2. The first-order chi connectivity index (χ1) is 18.7. The molecule has 2 aliphatic carbocycles. The van der Waals surface area contributed by atoms with E-state index in [0.717, 1.165) is 56.7 Å². The maximum Gasteiger partial charge on any atom is 0.220 e. The van der Waals surface area contributed by atoms with Crippen molar-refractivity contribution >= 4 is 35.3 Å². The lowest BCUT2D eigenvalue weighted by atomic mass is 9.78. The van der Waals surface area contributed by atoms with Gasteiger partial charge in [0.05, 0.1) is 0 Å². The number of hydrogen-bond donors (Lipinski definition) is 2. The molecule has 0 atom stereocenters.